The molecule has 4 amide bonds. The number of rotatable bonds is 6. The second-order valence-corrected chi connectivity index (χ2v) is 8.64. The number of primary amides is 1. The maximum absolute atomic E-state index is 13.8. The lowest BCUT2D eigenvalue weighted by molar-refractivity contribution is -0.143. The van der Waals surface area contributed by atoms with Gasteiger partial charge in [-0.1, -0.05) is 36.4 Å². The van der Waals surface area contributed by atoms with Gasteiger partial charge in [0, 0.05) is 29.3 Å². The number of fused-ring (bicyclic) bond motifs is 4. The molecule has 0 unspecified atom stereocenters. The Kier molecular flexibility index (Phi) is 4.93. The Morgan fingerprint density at radius 2 is 1.82 bits per heavy atom. The highest BCUT2D eigenvalue weighted by atomic mass is 16.5. The summed E-state index contributed by atoms with van der Waals surface area (Å²) < 4.78 is 5.39. The molecule has 3 aliphatic heterocycles. The molecule has 5 rings (SSSR count). The van der Waals surface area contributed by atoms with Crippen molar-refractivity contribution in [2.75, 3.05) is 12.4 Å². The fourth-order valence-corrected chi connectivity index (χ4v) is 5.52. The monoisotopic (exact) mass is 448 g/mol. The maximum atomic E-state index is 13.8. The highest BCUT2D eigenvalue weighted by Crippen LogP contribution is 2.53. The third-order valence-corrected chi connectivity index (χ3v) is 6.94. The fourth-order valence-electron chi connectivity index (χ4n) is 5.52. The number of nitrogens with one attached hydrogen (secondary N) is 2. The van der Waals surface area contributed by atoms with Crippen molar-refractivity contribution in [3.63, 3.8) is 0 Å². The van der Waals surface area contributed by atoms with Gasteiger partial charge in [0.05, 0.1) is 25.5 Å². The summed E-state index contributed by atoms with van der Waals surface area (Å²) in [5.41, 5.74) is 5.90. The summed E-state index contributed by atoms with van der Waals surface area (Å²) in [5, 5.41) is 6.14. The number of benzene rings is 2. The van der Waals surface area contributed by atoms with Crippen LogP contribution in [0.2, 0.25) is 0 Å². The zero-order valence-corrected chi connectivity index (χ0v) is 18.0. The summed E-state index contributed by atoms with van der Waals surface area (Å²) in [7, 11) is 1.53. The van der Waals surface area contributed by atoms with Gasteiger partial charge in [0.25, 0.3) is 0 Å². The van der Waals surface area contributed by atoms with E-state index in [1.54, 1.807) is 36.4 Å². The quantitative estimate of drug-likeness (QED) is 0.563. The number of methoxy groups -OCH3 is 1. The molecule has 9 nitrogen and oxygen atoms in total. The van der Waals surface area contributed by atoms with Crippen LogP contribution in [0.15, 0.2) is 48.5 Å². The largest absolute Gasteiger partial charge is 0.496 e. The van der Waals surface area contributed by atoms with Crippen LogP contribution in [0.25, 0.3) is 0 Å². The van der Waals surface area contributed by atoms with Crippen LogP contribution in [0, 0.1) is 11.8 Å². The van der Waals surface area contributed by atoms with E-state index in [-0.39, 0.29) is 31.2 Å². The molecule has 4 atom stereocenters. The standard InChI is InChI=1S/C24H24N4O5/c1-33-17-9-5-2-6-13(17)12-28-21(30)19-16(10-11-18(25)29)27-24(20(19)22(28)31)14-7-3-4-8-15(14)26-23(24)32/h2-9,16,19-20,27H,10-12H2,1H3,(H2,25,29)(H,26,32)/t16-,19+,20-,24-/m0/s1. The zero-order valence-electron chi connectivity index (χ0n) is 18.0. The van der Waals surface area contributed by atoms with Crippen molar-refractivity contribution in [3.05, 3.63) is 59.7 Å². The van der Waals surface area contributed by atoms with Crippen LogP contribution in [-0.2, 0) is 31.3 Å². The topological polar surface area (TPSA) is 131 Å². The predicted octanol–water partition coefficient (Wildman–Crippen LogP) is 0.881. The fraction of sp³-hybridized carbons (Fsp3) is 0.333. The number of imide groups is 1. The lowest BCUT2D eigenvalue weighted by atomic mass is 9.76. The molecule has 0 aliphatic carbocycles. The summed E-state index contributed by atoms with van der Waals surface area (Å²) in [5.74, 6) is -2.82. The van der Waals surface area contributed by atoms with Gasteiger partial charge in [-0.25, -0.2) is 0 Å². The summed E-state index contributed by atoms with van der Waals surface area (Å²) in [6.07, 6.45) is 0.281. The van der Waals surface area contributed by atoms with E-state index in [0.29, 0.717) is 22.6 Å². The average Bonchev–Trinajstić information content (AvgIpc) is 3.39. The van der Waals surface area contributed by atoms with Crippen molar-refractivity contribution in [1.82, 2.24) is 10.2 Å². The minimum Gasteiger partial charge on any atom is -0.496 e. The van der Waals surface area contributed by atoms with Crippen LogP contribution in [-0.4, -0.2) is 41.7 Å². The van der Waals surface area contributed by atoms with E-state index in [0.717, 1.165) is 0 Å². The molecule has 2 saturated heterocycles. The number of para-hydroxylation sites is 2. The van der Waals surface area contributed by atoms with Crippen LogP contribution >= 0.6 is 0 Å². The first-order valence-corrected chi connectivity index (χ1v) is 10.8. The molecule has 0 bridgehead atoms. The van der Waals surface area contributed by atoms with E-state index in [4.69, 9.17) is 10.5 Å². The number of hydrogen-bond donors (Lipinski definition) is 3. The Morgan fingerprint density at radius 1 is 1.09 bits per heavy atom. The molecule has 4 N–H and O–H groups in total. The molecule has 3 aliphatic rings. The minimum atomic E-state index is -1.38. The minimum absolute atomic E-state index is 0.0359. The van der Waals surface area contributed by atoms with E-state index in [1.165, 1.54) is 12.0 Å². The Hall–Kier alpha value is -3.72. The third-order valence-electron chi connectivity index (χ3n) is 6.94. The van der Waals surface area contributed by atoms with Gasteiger partial charge in [0.15, 0.2) is 0 Å². The number of hydrogen-bond acceptors (Lipinski definition) is 6. The molecule has 2 fully saturated rings. The maximum Gasteiger partial charge on any atom is 0.250 e. The van der Waals surface area contributed by atoms with E-state index < -0.39 is 35.2 Å². The molecule has 33 heavy (non-hydrogen) atoms. The van der Waals surface area contributed by atoms with Crippen LogP contribution in [0.3, 0.4) is 0 Å². The number of carbonyl (C=O) groups excluding carboxylic acids is 4. The predicted molar refractivity (Wildman–Crippen MR) is 118 cm³/mol. The molecular formula is C24H24N4O5. The molecule has 170 valence electrons. The van der Waals surface area contributed by atoms with Gasteiger partial charge in [0.2, 0.25) is 23.6 Å². The van der Waals surface area contributed by atoms with Gasteiger partial charge in [-0.05, 0) is 18.6 Å². The van der Waals surface area contributed by atoms with E-state index in [2.05, 4.69) is 10.6 Å². The molecule has 2 aromatic rings. The van der Waals surface area contributed by atoms with Gasteiger partial charge < -0.3 is 15.8 Å². The van der Waals surface area contributed by atoms with Crippen LogP contribution in [0.5, 0.6) is 5.75 Å². The SMILES string of the molecule is COc1ccccc1CN1C(=O)[C@@H]2[C@H](CCC(N)=O)N[C@]3(C(=O)Nc4ccccc43)[C@@H]2C1=O. The Morgan fingerprint density at radius 3 is 2.58 bits per heavy atom. The Balaban J connectivity index is 1.57. The van der Waals surface area contributed by atoms with Gasteiger partial charge in [-0.2, -0.15) is 0 Å². The Bertz CT molecular complexity index is 1180. The van der Waals surface area contributed by atoms with E-state index >= 15 is 0 Å². The molecule has 0 aromatic heterocycles. The number of likely N-dealkylation sites (tertiary alicyclic amines) is 1. The highest BCUT2D eigenvalue weighted by molar-refractivity contribution is 6.15. The highest BCUT2D eigenvalue weighted by Gasteiger charge is 2.70. The van der Waals surface area contributed by atoms with Gasteiger partial charge in [-0.15, -0.1) is 0 Å². The number of carbonyl (C=O) groups is 4. The summed E-state index contributed by atoms with van der Waals surface area (Å²) in [6, 6.07) is 13.8. The molecule has 2 aromatic carbocycles. The van der Waals surface area contributed by atoms with E-state index in [1.807, 2.05) is 12.1 Å². The van der Waals surface area contributed by atoms with Crippen LogP contribution < -0.4 is 21.1 Å². The lowest BCUT2D eigenvalue weighted by Crippen LogP contribution is -2.53. The molecule has 0 saturated carbocycles. The first-order chi connectivity index (χ1) is 15.9. The number of amides is 4. The molecule has 0 radical (unpaired) electrons. The van der Waals surface area contributed by atoms with Gasteiger partial charge >= 0.3 is 0 Å². The first kappa shape index (κ1) is 21.1. The van der Waals surface area contributed by atoms with Crippen molar-refractivity contribution < 1.29 is 23.9 Å². The van der Waals surface area contributed by atoms with Crippen molar-refractivity contribution in [3.8, 4) is 5.75 Å². The van der Waals surface area contributed by atoms with Gasteiger partial charge in [-0.3, -0.25) is 29.4 Å². The third kappa shape index (κ3) is 3.03. The smallest absolute Gasteiger partial charge is 0.250 e. The molecular weight excluding hydrogens is 424 g/mol. The van der Waals surface area contributed by atoms with Crippen LogP contribution in [0.1, 0.15) is 24.0 Å². The summed E-state index contributed by atoms with van der Waals surface area (Å²) in [6.45, 7) is 0.0383. The van der Waals surface area contributed by atoms with Crippen molar-refractivity contribution in [2.24, 2.45) is 17.6 Å². The second-order valence-electron chi connectivity index (χ2n) is 8.64. The Labute approximate surface area is 190 Å². The number of nitrogens with zero attached hydrogens (tertiary/aromatic N) is 1. The molecule has 3 heterocycles. The first-order valence-electron chi connectivity index (χ1n) is 10.8. The molecule has 9 heteroatoms. The average molecular weight is 448 g/mol. The van der Waals surface area contributed by atoms with Crippen LogP contribution in [0.4, 0.5) is 5.69 Å². The number of ether oxygens (including phenoxy) is 1. The normalized spacial score (nSPS) is 27.6. The lowest BCUT2D eigenvalue weighted by Gasteiger charge is -2.29. The summed E-state index contributed by atoms with van der Waals surface area (Å²) in [4.78, 5) is 53.4. The zero-order chi connectivity index (χ0) is 23.3. The second kappa shape index (κ2) is 7.70. The van der Waals surface area contributed by atoms with Crippen molar-refractivity contribution in [2.45, 2.75) is 31.0 Å². The van der Waals surface area contributed by atoms with Gasteiger partial charge in [0.1, 0.15) is 11.3 Å². The number of nitrogens with two attached hydrogens (primary N) is 1. The number of anilines is 1. The van der Waals surface area contributed by atoms with Crippen molar-refractivity contribution >= 4 is 29.3 Å². The van der Waals surface area contributed by atoms with Crippen molar-refractivity contribution in [1.29, 1.82) is 0 Å². The summed E-state index contributed by atoms with van der Waals surface area (Å²) >= 11 is 0. The molecule has 1 spiro atoms. The van der Waals surface area contributed by atoms with E-state index in [9.17, 15) is 19.2 Å².